The molecular weight excluding hydrogens is 436 g/mol. The molecule has 10 heteroatoms. The highest BCUT2D eigenvalue weighted by Gasteiger charge is 2.39. The number of nitrogens with zero attached hydrogens (tertiary/aromatic N) is 4. The maximum atomic E-state index is 12.9. The van der Waals surface area contributed by atoms with Crippen molar-refractivity contribution in [2.24, 2.45) is 5.92 Å². The summed E-state index contributed by atoms with van der Waals surface area (Å²) < 4.78 is 6.97. The minimum absolute atomic E-state index is 0.120. The molecule has 0 radical (unpaired) electrons. The lowest BCUT2D eigenvalue weighted by Gasteiger charge is -2.20. The third-order valence-corrected chi connectivity index (χ3v) is 5.69. The van der Waals surface area contributed by atoms with Gasteiger partial charge in [0.15, 0.2) is 11.5 Å². The summed E-state index contributed by atoms with van der Waals surface area (Å²) in [6.07, 6.45) is 2.34. The molecule has 0 unspecified atom stereocenters. The van der Waals surface area contributed by atoms with Crippen LogP contribution >= 0.6 is 0 Å². The fourth-order valence-electron chi connectivity index (χ4n) is 4.01. The first-order valence-corrected chi connectivity index (χ1v) is 11.2. The number of methoxy groups -OCH3 is 1. The molecule has 1 aromatic carbocycles. The van der Waals surface area contributed by atoms with Crippen LogP contribution in [0.25, 0.3) is 5.65 Å². The van der Waals surface area contributed by atoms with Gasteiger partial charge < -0.3 is 15.4 Å². The van der Waals surface area contributed by atoms with E-state index < -0.39 is 18.0 Å². The monoisotopic (exact) mass is 464 g/mol. The number of hydrogen-bond donors (Lipinski definition) is 2. The lowest BCUT2D eigenvalue weighted by atomic mass is 10.0. The Morgan fingerprint density at radius 1 is 1.15 bits per heavy atom. The summed E-state index contributed by atoms with van der Waals surface area (Å²) in [7, 11) is 1.57. The Morgan fingerprint density at radius 3 is 2.62 bits per heavy atom. The maximum absolute atomic E-state index is 12.9. The molecular formula is C24H28N6O4. The van der Waals surface area contributed by atoms with E-state index in [9.17, 15) is 14.4 Å². The summed E-state index contributed by atoms with van der Waals surface area (Å²) in [5.74, 6) is 0.828. The van der Waals surface area contributed by atoms with Gasteiger partial charge in [-0.3, -0.25) is 18.9 Å². The van der Waals surface area contributed by atoms with Crippen molar-refractivity contribution in [1.82, 2.24) is 30.1 Å². The van der Waals surface area contributed by atoms with E-state index in [1.165, 1.54) is 0 Å². The summed E-state index contributed by atoms with van der Waals surface area (Å²) in [5, 5.41) is 14.1. The van der Waals surface area contributed by atoms with Gasteiger partial charge in [-0.15, -0.1) is 10.2 Å². The fourth-order valence-corrected chi connectivity index (χ4v) is 4.01. The molecule has 4 rings (SSSR count). The average molecular weight is 465 g/mol. The van der Waals surface area contributed by atoms with Gasteiger partial charge in [0.25, 0.3) is 5.91 Å². The Labute approximate surface area is 197 Å². The third kappa shape index (κ3) is 5.00. The number of amides is 4. The number of pyridine rings is 1. The molecule has 4 amide bonds. The Balaban J connectivity index is 1.42. The van der Waals surface area contributed by atoms with Crippen LogP contribution < -0.4 is 15.4 Å². The lowest BCUT2D eigenvalue weighted by Crippen LogP contribution is -2.38. The highest BCUT2D eigenvalue weighted by molar-refractivity contribution is 6.05. The van der Waals surface area contributed by atoms with Gasteiger partial charge >= 0.3 is 6.03 Å². The zero-order valence-corrected chi connectivity index (χ0v) is 19.4. The van der Waals surface area contributed by atoms with Gasteiger partial charge in [-0.2, -0.15) is 0 Å². The topological polar surface area (TPSA) is 118 Å². The predicted octanol–water partition coefficient (Wildman–Crippen LogP) is 2.45. The second-order valence-corrected chi connectivity index (χ2v) is 8.72. The van der Waals surface area contributed by atoms with Crippen molar-refractivity contribution in [3.63, 3.8) is 0 Å². The molecule has 1 aliphatic rings. The second-order valence-electron chi connectivity index (χ2n) is 8.72. The van der Waals surface area contributed by atoms with Crippen molar-refractivity contribution < 1.29 is 19.1 Å². The van der Waals surface area contributed by atoms with E-state index in [2.05, 4.69) is 34.7 Å². The van der Waals surface area contributed by atoms with E-state index in [-0.39, 0.29) is 30.8 Å². The lowest BCUT2D eigenvalue weighted by molar-refractivity contribution is -0.131. The number of carbonyl (C=O) groups excluding carboxylic acids is 3. The van der Waals surface area contributed by atoms with Crippen LogP contribution in [0.3, 0.4) is 0 Å². The molecule has 2 atom stereocenters. The number of rotatable bonds is 9. The first kappa shape index (κ1) is 23.2. The van der Waals surface area contributed by atoms with E-state index in [0.717, 1.165) is 10.5 Å². The molecule has 0 bridgehead atoms. The van der Waals surface area contributed by atoms with Crippen molar-refractivity contribution in [3.05, 3.63) is 60.0 Å². The number of benzene rings is 1. The highest BCUT2D eigenvalue weighted by Crippen LogP contribution is 2.22. The highest BCUT2D eigenvalue weighted by atomic mass is 16.5. The number of hydrogen-bond acceptors (Lipinski definition) is 6. The minimum atomic E-state index is -0.916. The molecule has 3 aromatic rings. The zero-order valence-electron chi connectivity index (χ0n) is 19.4. The quantitative estimate of drug-likeness (QED) is 0.470. The summed E-state index contributed by atoms with van der Waals surface area (Å²) in [4.78, 5) is 39.3. The Kier molecular flexibility index (Phi) is 6.76. The molecule has 0 saturated carbocycles. The van der Waals surface area contributed by atoms with E-state index in [1.807, 2.05) is 28.8 Å². The van der Waals surface area contributed by atoms with Gasteiger partial charge in [0.2, 0.25) is 5.91 Å². The molecule has 10 nitrogen and oxygen atoms in total. The minimum Gasteiger partial charge on any atom is -0.497 e. The summed E-state index contributed by atoms with van der Waals surface area (Å²) >= 11 is 0. The van der Waals surface area contributed by atoms with Crippen LogP contribution in [-0.4, -0.2) is 50.5 Å². The summed E-state index contributed by atoms with van der Waals surface area (Å²) in [6, 6.07) is 10.9. The summed E-state index contributed by atoms with van der Waals surface area (Å²) in [6.45, 7) is 4.23. The SMILES string of the molecule is COc1ccc(CN2C(=O)N[C@H](CC(=O)N[C@H](CC(C)C)c3nnc4ccccn34)C2=O)cc1. The van der Waals surface area contributed by atoms with Crippen LogP contribution in [0.4, 0.5) is 4.79 Å². The number of aromatic nitrogens is 3. The van der Waals surface area contributed by atoms with E-state index in [1.54, 1.807) is 31.4 Å². The van der Waals surface area contributed by atoms with Crippen LogP contribution in [0.2, 0.25) is 0 Å². The molecule has 1 saturated heterocycles. The average Bonchev–Trinajstić information content (AvgIpc) is 3.35. The van der Waals surface area contributed by atoms with Crippen LogP contribution in [-0.2, 0) is 16.1 Å². The number of nitrogens with one attached hydrogen (secondary N) is 2. The van der Waals surface area contributed by atoms with Gasteiger partial charge in [0.05, 0.1) is 26.1 Å². The van der Waals surface area contributed by atoms with Gasteiger partial charge in [-0.05, 0) is 42.2 Å². The van der Waals surface area contributed by atoms with Gasteiger partial charge in [-0.25, -0.2) is 4.79 Å². The number of carbonyl (C=O) groups is 3. The first-order chi connectivity index (χ1) is 16.4. The molecule has 0 aliphatic carbocycles. The van der Waals surface area contributed by atoms with E-state index in [4.69, 9.17) is 4.74 Å². The number of ether oxygens (including phenoxy) is 1. The maximum Gasteiger partial charge on any atom is 0.325 e. The van der Waals surface area contributed by atoms with Gasteiger partial charge in [0.1, 0.15) is 11.8 Å². The van der Waals surface area contributed by atoms with Gasteiger partial charge in [0, 0.05) is 6.20 Å². The number of urea groups is 1. The smallest absolute Gasteiger partial charge is 0.325 e. The third-order valence-electron chi connectivity index (χ3n) is 5.69. The van der Waals surface area contributed by atoms with Crippen molar-refractivity contribution in [3.8, 4) is 5.75 Å². The molecule has 34 heavy (non-hydrogen) atoms. The molecule has 1 aliphatic heterocycles. The standard InChI is InChI=1S/C24H28N6O4/c1-15(2)12-18(22-28-27-20-6-4-5-11-29(20)22)25-21(31)13-19-23(32)30(24(33)26-19)14-16-7-9-17(34-3)10-8-16/h4-11,15,18-19H,12-14H2,1-3H3,(H,25,31)(H,26,33)/t18-,19-/m1/s1. The predicted molar refractivity (Wildman–Crippen MR) is 124 cm³/mol. The van der Waals surface area contributed by atoms with Crippen LogP contribution in [0.15, 0.2) is 48.7 Å². The van der Waals surface area contributed by atoms with Crippen LogP contribution in [0, 0.1) is 5.92 Å². The molecule has 0 spiro atoms. The fraction of sp³-hybridized carbons (Fsp3) is 0.375. The first-order valence-electron chi connectivity index (χ1n) is 11.2. The Bertz CT molecular complexity index is 1190. The van der Waals surface area contributed by atoms with Crippen molar-refractivity contribution in [1.29, 1.82) is 0 Å². The van der Waals surface area contributed by atoms with Gasteiger partial charge in [-0.1, -0.05) is 32.0 Å². The van der Waals surface area contributed by atoms with Crippen molar-refractivity contribution in [2.45, 2.75) is 45.3 Å². The normalized spacial score (nSPS) is 16.7. The Hall–Kier alpha value is -3.95. The molecule has 2 N–H and O–H groups in total. The van der Waals surface area contributed by atoms with E-state index in [0.29, 0.717) is 23.6 Å². The largest absolute Gasteiger partial charge is 0.497 e. The zero-order chi connectivity index (χ0) is 24.2. The summed E-state index contributed by atoms with van der Waals surface area (Å²) in [5.41, 5.74) is 1.47. The van der Waals surface area contributed by atoms with E-state index >= 15 is 0 Å². The van der Waals surface area contributed by atoms with Crippen molar-refractivity contribution in [2.75, 3.05) is 7.11 Å². The number of fused-ring (bicyclic) bond motifs is 1. The number of imide groups is 1. The molecule has 3 heterocycles. The Morgan fingerprint density at radius 2 is 1.91 bits per heavy atom. The molecule has 2 aromatic heterocycles. The second kappa shape index (κ2) is 9.90. The van der Waals surface area contributed by atoms with Crippen molar-refractivity contribution >= 4 is 23.5 Å². The van der Waals surface area contributed by atoms with Crippen LogP contribution in [0.1, 0.15) is 44.1 Å². The van der Waals surface area contributed by atoms with Crippen LogP contribution in [0.5, 0.6) is 5.75 Å². The molecule has 178 valence electrons. The molecule has 1 fully saturated rings.